The fraction of sp³-hybridized carbons (Fsp3) is 0.0833. The van der Waals surface area contributed by atoms with E-state index in [1.807, 2.05) is 0 Å². The van der Waals surface area contributed by atoms with Crippen molar-refractivity contribution in [1.29, 1.82) is 0 Å². The molecule has 1 N–H and O–H groups in total. The Morgan fingerprint density at radius 3 is 2.60 bits per heavy atom. The van der Waals surface area contributed by atoms with Crippen LogP contribution in [0.2, 0.25) is 10.0 Å². The Labute approximate surface area is 125 Å². The zero-order valence-corrected chi connectivity index (χ0v) is 11.9. The molecule has 0 bridgehead atoms. The molecule has 104 valence electrons. The predicted molar refractivity (Wildman–Crippen MR) is 76.4 cm³/mol. The molecule has 0 spiro atoms. The minimum Gasteiger partial charge on any atom is -0.464 e. The van der Waals surface area contributed by atoms with Gasteiger partial charge in [-0.05, 0) is 18.2 Å². The maximum Gasteiger partial charge on any atom is 0.358 e. The van der Waals surface area contributed by atoms with E-state index in [4.69, 9.17) is 23.2 Å². The smallest absolute Gasteiger partial charge is 0.358 e. The number of halogens is 2. The van der Waals surface area contributed by atoms with E-state index in [2.05, 4.69) is 20.1 Å². The average molecular weight is 313 g/mol. The number of nitrogens with zero attached hydrogens (tertiary/aromatic N) is 3. The lowest BCUT2D eigenvalue weighted by atomic mass is 10.3. The lowest BCUT2D eigenvalue weighted by Crippen LogP contribution is -2.12. The Morgan fingerprint density at radius 1 is 1.35 bits per heavy atom. The van der Waals surface area contributed by atoms with Crippen LogP contribution in [0.25, 0.3) is 5.70 Å². The van der Waals surface area contributed by atoms with Gasteiger partial charge in [-0.1, -0.05) is 23.2 Å². The van der Waals surface area contributed by atoms with Crippen LogP contribution >= 0.6 is 23.2 Å². The molecule has 8 heteroatoms. The van der Waals surface area contributed by atoms with Crippen molar-refractivity contribution in [1.82, 2.24) is 14.8 Å². The molecule has 0 aliphatic carbocycles. The number of rotatable bonds is 4. The first-order chi connectivity index (χ1) is 9.60. The van der Waals surface area contributed by atoms with Crippen molar-refractivity contribution in [3.63, 3.8) is 0 Å². The molecule has 0 fully saturated rings. The summed E-state index contributed by atoms with van der Waals surface area (Å²) in [5.74, 6) is -0.559. The molecule has 0 saturated heterocycles. The standard InChI is InChI=1S/C12H10Cl2N4O2/c1-20-12(19)11(18-7-15-6-17-18)5-16-10-3-8(13)2-9(14)4-10/h2-7,16H,1H3. The molecule has 2 aromatic rings. The molecule has 0 aliphatic heterocycles. The summed E-state index contributed by atoms with van der Waals surface area (Å²) < 4.78 is 5.97. The highest BCUT2D eigenvalue weighted by Gasteiger charge is 2.12. The fourth-order valence-electron chi connectivity index (χ4n) is 1.44. The molecule has 1 aromatic heterocycles. The van der Waals surface area contributed by atoms with Crippen molar-refractivity contribution in [2.45, 2.75) is 0 Å². The van der Waals surface area contributed by atoms with Crippen LogP contribution in [0.15, 0.2) is 37.1 Å². The van der Waals surface area contributed by atoms with Crippen molar-refractivity contribution in [2.75, 3.05) is 12.4 Å². The van der Waals surface area contributed by atoms with Crippen molar-refractivity contribution >= 4 is 40.6 Å². The van der Waals surface area contributed by atoms with Crippen LogP contribution in [0.4, 0.5) is 5.69 Å². The van der Waals surface area contributed by atoms with Gasteiger partial charge in [0.1, 0.15) is 12.7 Å². The summed E-state index contributed by atoms with van der Waals surface area (Å²) in [6.07, 6.45) is 4.13. The summed E-state index contributed by atoms with van der Waals surface area (Å²) in [6.45, 7) is 0. The number of ether oxygens (including phenoxy) is 1. The van der Waals surface area contributed by atoms with E-state index in [0.717, 1.165) is 0 Å². The Balaban J connectivity index is 2.27. The van der Waals surface area contributed by atoms with E-state index < -0.39 is 5.97 Å². The van der Waals surface area contributed by atoms with E-state index in [-0.39, 0.29) is 5.70 Å². The summed E-state index contributed by atoms with van der Waals surface area (Å²) in [4.78, 5) is 15.5. The van der Waals surface area contributed by atoms with Crippen LogP contribution in [0.1, 0.15) is 0 Å². The van der Waals surface area contributed by atoms with Gasteiger partial charge in [0.15, 0.2) is 5.70 Å². The second-order valence-corrected chi connectivity index (χ2v) is 4.54. The molecule has 1 heterocycles. The van der Waals surface area contributed by atoms with Crippen molar-refractivity contribution in [3.05, 3.63) is 47.1 Å². The van der Waals surface area contributed by atoms with E-state index in [0.29, 0.717) is 15.7 Å². The third kappa shape index (κ3) is 3.49. The highest BCUT2D eigenvalue weighted by molar-refractivity contribution is 6.35. The lowest BCUT2D eigenvalue weighted by molar-refractivity contribution is -0.134. The second kappa shape index (κ2) is 6.40. The fourth-order valence-corrected chi connectivity index (χ4v) is 1.97. The van der Waals surface area contributed by atoms with Gasteiger partial charge in [0.25, 0.3) is 0 Å². The quantitative estimate of drug-likeness (QED) is 0.694. The number of benzene rings is 1. The zero-order valence-electron chi connectivity index (χ0n) is 10.4. The average Bonchev–Trinajstić information content (AvgIpc) is 2.91. The van der Waals surface area contributed by atoms with E-state index in [1.54, 1.807) is 18.2 Å². The number of hydrogen-bond acceptors (Lipinski definition) is 5. The van der Waals surface area contributed by atoms with Crippen molar-refractivity contribution in [3.8, 4) is 0 Å². The molecule has 0 amide bonds. The maximum absolute atomic E-state index is 11.7. The van der Waals surface area contributed by atoms with Gasteiger partial charge in [0, 0.05) is 21.9 Å². The van der Waals surface area contributed by atoms with Crippen molar-refractivity contribution in [2.24, 2.45) is 0 Å². The monoisotopic (exact) mass is 312 g/mol. The number of anilines is 1. The molecular formula is C12H10Cl2N4O2. The number of methoxy groups -OCH3 is 1. The normalized spacial score (nSPS) is 11.2. The van der Waals surface area contributed by atoms with Gasteiger partial charge in [0.2, 0.25) is 0 Å². The van der Waals surface area contributed by atoms with Crippen LogP contribution in [-0.4, -0.2) is 27.8 Å². The molecule has 0 saturated carbocycles. The van der Waals surface area contributed by atoms with E-state index >= 15 is 0 Å². The molecular weight excluding hydrogens is 303 g/mol. The molecule has 20 heavy (non-hydrogen) atoms. The number of carbonyl (C=O) groups is 1. The first-order valence-electron chi connectivity index (χ1n) is 5.46. The summed E-state index contributed by atoms with van der Waals surface area (Å²) in [5.41, 5.74) is 0.796. The molecule has 0 atom stereocenters. The second-order valence-electron chi connectivity index (χ2n) is 3.66. The molecule has 6 nitrogen and oxygen atoms in total. The Kier molecular flexibility index (Phi) is 4.60. The largest absolute Gasteiger partial charge is 0.464 e. The van der Waals surface area contributed by atoms with Crippen LogP contribution in [0.5, 0.6) is 0 Å². The molecule has 0 aliphatic rings. The van der Waals surface area contributed by atoms with Gasteiger partial charge >= 0.3 is 5.97 Å². The van der Waals surface area contributed by atoms with Gasteiger partial charge in [0.05, 0.1) is 7.11 Å². The first-order valence-corrected chi connectivity index (χ1v) is 6.22. The maximum atomic E-state index is 11.7. The molecule has 2 rings (SSSR count). The van der Waals surface area contributed by atoms with Gasteiger partial charge in [-0.25, -0.2) is 14.5 Å². The summed E-state index contributed by atoms with van der Waals surface area (Å²) in [5, 5.41) is 7.75. The highest BCUT2D eigenvalue weighted by Crippen LogP contribution is 2.22. The first kappa shape index (κ1) is 14.4. The van der Waals surface area contributed by atoms with Gasteiger partial charge in [-0.2, -0.15) is 5.10 Å². The summed E-state index contributed by atoms with van der Waals surface area (Å²) in [7, 11) is 1.28. The van der Waals surface area contributed by atoms with Gasteiger partial charge < -0.3 is 10.1 Å². The Bertz CT molecular complexity index is 621. The minimum atomic E-state index is -0.559. The van der Waals surface area contributed by atoms with Crippen molar-refractivity contribution < 1.29 is 9.53 Å². The molecule has 1 aromatic carbocycles. The number of nitrogens with one attached hydrogen (secondary N) is 1. The zero-order chi connectivity index (χ0) is 14.5. The highest BCUT2D eigenvalue weighted by atomic mass is 35.5. The predicted octanol–water partition coefficient (Wildman–Crippen LogP) is 2.67. The third-order valence-electron chi connectivity index (χ3n) is 2.30. The van der Waals surface area contributed by atoms with Crippen LogP contribution in [0, 0.1) is 0 Å². The summed E-state index contributed by atoms with van der Waals surface area (Å²) >= 11 is 11.8. The van der Waals surface area contributed by atoms with E-state index in [9.17, 15) is 4.79 Å². The number of aromatic nitrogens is 3. The van der Waals surface area contributed by atoms with Crippen LogP contribution in [-0.2, 0) is 9.53 Å². The summed E-state index contributed by atoms with van der Waals surface area (Å²) in [6, 6.07) is 4.94. The number of esters is 1. The molecule has 0 unspecified atom stereocenters. The number of carbonyl (C=O) groups excluding carboxylic acids is 1. The topological polar surface area (TPSA) is 69.0 Å². The minimum absolute atomic E-state index is 0.168. The third-order valence-corrected chi connectivity index (χ3v) is 2.73. The Hall–Kier alpha value is -2.05. The molecule has 0 radical (unpaired) electrons. The van der Waals surface area contributed by atoms with E-state index in [1.165, 1.54) is 30.6 Å². The lowest BCUT2D eigenvalue weighted by Gasteiger charge is -2.07. The SMILES string of the molecule is COC(=O)C(=CNc1cc(Cl)cc(Cl)c1)n1cncn1. The Morgan fingerprint density at radius 2 is 2.05 bits per heavy atom. The van der Waals surface area contributed by atoms with Crippen LogP contribution in [0.3, 0.4) is 0 Å². The van der Waals surface area contributed by atoms with Gasteiger partial charge in [-0.3, -0.25) is 0 Å². The van der Waals surface area contributed by atoms with Gasteiger partial charge in [-0.15, -0.1) is 0 Å². The number of hydrogen-bond donors (Lipinski definition) is 1. The van der Waals surface area contributed by atoms with Crippen LogP contribution < -0.4 is 5.32 Å².